The van der Waals surface area contributed by atoms with Crippen LogP contribution in [-0.2, 0) is 25.6 Å². The number of halogens is 3. The second kappa shape index (κ2) is 16.7. The fraction of sp³-hybridized carbons (Fsp3) is 0.387. The molecule has 15 heteroatoms. The van der Waals surface area contributed by atoms with Crippen LogP contribution in [-0.4, -0.2) is 65.3 Å². The van der Waals surface area contributed by atoms with Crippen molar-refractivity contribution in [3.05, 3.63) is 70.9 Å². The Bertz CT molecular complexity index is 1550. The first-order valence-electron chi connectivity index (χ1n) is 14.4. The van der Waals surface area contributed by atoms with Crippen molar-refractivity contribution >= 4 is 52.2 Å². The van der Waals surface area contributed by atoms with Gasteiger partial charge in [0.1, 0.15) is 29.7 Å². The summed E-state index contributed by atoms with van der Waals surface area (Å²) in [5.74, 6) is -1.82. The summed E-state index contributed by atoms with van der Waals surface area (Å²) in [5, 5.41) is 9.91. The molecule has 0 aliphatic heterocycles. The van der Waals surface area contributed by atoms with Crippen LogP contribution >= 0.6 is 11.6 Å². The highest BCUT2D eigenvalue weighted by molar-refractivity contribution is 6.31. The number of hydrazine groups is 1. The quantitative estimate of drug-likeness (QED) is 0.147. The van der Waals surface area contributed by atoms with Crippen molar-refractivity contribution in [1.82, 2.24) is 26.1 Å². The summed E-state index contributed by atoms with van der Waals surface area (Å²) in [4.78, 5) is 53.9. The van der Waals surface area contributed by atoms with Crippen LogP contribution in [0.25, 0.3) is 10.8 Å². The van der Waals surface area contributed by atoms with E-state index in [9.17, 15) is 28.0 Å². The number of benzene rings is 2. The van der Waals surface area contributed by atoms with Gasteiger partial charge in [-0.1, -0.05) is 23.7 Å². The smallest absolute Gasteiger partial charge is 0.412 e. The summed E-state index contributed by atoms with van der Waals surface area (Å²) in [6.07, 6.45) is -0.0810. The Morgan fingerprint density at radius 1 is 1.00 bits per heavy atom. The van der Waals surface area contributed by atoms with E-state index >= 15 is 0 Å². The molecule has 1 aromatic heterocycles. The molecule has 0 fully saturated rings. The summed E-state index contributed by atoms with van der Waals surface area (Å²) < 4.78 is 38.2. The van der Waals surface area contributed by atoms with E-state index < -0.39 is 41.4 Å². The van der Waals surface area contributed by atoms with Crippen molar-refractivity contribution < 1.29 is 37.4 Å². The van der Waals surface area contributed by atoms with Gasteiger partial charge in [0, 0.05) is 44.6 Å². The highest BCUT2D eigenvalue weighted by Crippen LogP contribution is 2.21. The largest absolute Gasteiger partial charge is 0.447 e. The molecule has 4 amide bonds. The fourth-order valence-electron chi connectivity index (χ4n) is 4.20. The Hall–Kier alpha value is -4.56. The van der Waals surface area contributed by atoms with Gasteiger partial charge < -0.3 is 20.1 Å². The molecule has 1 heterocycles. The van der Waals surface area contributed by atoms with Crippen LogP contribution in [0.15, 0.2) is 48.7 Å². The van der Waals surface area contributed by atoms with Crippen molar-refractivity contribution in [2.24, 2.45) is 0 Å². The van der Waals surface area contributed by atoms with Gasteiger partial charge in [0.25, 0.3) is 0 Å². The third-order valence-electron chi connectivity index (χ3n) is 6.32. The molecule has 0 spiro atoms. The zero-order valence-electron chi connectivity index (χ0n) is 25.9. The standard InChI is InChI=1S/C31H37ClF2N6O6/c1-19(41)40(38-17-21-6-5-7-25(34)28(21)32)24(10-11-27(42)35-12-13-36-29(43)46-31(2,3)4)18-45-30(44)39-26-15-22-14-23(33)9-8-20(22)16-37-26/h5-9,14-16,24,38H,10-13,17-18H2,1-4H3,(H,35,42)(H,36,43)(H,37,39,44)/t24-/m0/s1. The maximum Gasteiger partial charge on any atom is 0.412 e. The fourth-order valence-corrected chi connectivity index (χ4v) is 4.39. The highest BCUT2D eigenvalue weighted by Gasteiger charge is 2.25. The molecule has 248 valence electrons. The number of amides is 4. The lowest BCUT2D eigenvalue weighted by molar-refractivity contribution is -0.137. The lowest BCUT2D eigenvalue weighted by Gasteiger charge is -2.31. The molecular formula is C31H37ClF2N6O6. The van der Waals surface area contributed by atoms with Gasteiger partial charge in [-0.25, -0.2) is 28.8 Å². The van der Waals surface area contributed by atoms with Gasteiger partial charge in [0.15, 0.2) is 0 Å². The van der Waals surface area contributed by atoms with E-state index in [-0.39, 0.29) is 55.8 Å². The van der Waals surface area contributed by atoms with E-state index in [0.29, 0.717) is 16.3 Å². The Kier molecular flexibility index (Phi) is 13.0. The molecule has 46 heavy (non-hydrogen) atoms. The van der Waals surface area contributed by atoms with Crippen LogP contribution in [0.5, 0.6) is 0 Å². The van der Waals surface area contributed by atoms with E-state index in [0.717, 1.165) is 0 Å². The van der Waals surface area contributed by atoms with Crippen LogP contribution < -0.4 is 21.4 Å². The number of fused-ring (bicyclic) bond motifs is 1. The van der Waals surface area contributed by atoms with E-state index in [4.69, 9.17) is 21.1 Å². The van der Waals surface area contributed by atoms with E-state index in [2.05, 4.69) is 26.4 Å². The third-order valence-corrected chi connectivity index (χ3v) is 6.74. The summed E-state index contributed by atoms with van der Waals surface area (Å²) in [7, 11) is 0. The first kappa shape index (κ1) is 35.9. The lowest BCUT2D eigenvalue weighted by atomic mass is 10.1. The third kappa shape index (κ3) is 11.7. The predicted octanol–water partition coefficient (Wildman–Crippen LogP) is 5.06. The van der Waals surface area contributed by atoms with Crippen molar-refractivity contribution in [3.8, 4) is 0 Å². The second-order valence-electron chi connectivity index (χ2n) is 11.2. The summed E-state index contributed by atoms with van der Waals surface area (Å²) in [6.45, 7) is 6.32. The monoisotopic (exact) mass is 662 g/mol. The molecule has 0 bridgehead atoms. The predicted molar refractivity (Wildman–Crippen MR) is 168 cm³/mol. The number of rotatable bonds is 13. The van der Waals surface area contributed by atoms with Crippen molar-refractivity contribution in [3.63, 3.8) is 0 Å². The van der Waals surface area contributed by atoms with E-state index in [1.807, 2.05) is 0 Å². The maximum atomic E-state index is 14.0. The zero-order chi connectivity index (χ0) is 33.9. The maximum absolute atomic E-state index is 14.0. The van der Waals surface area contributed by atoms with Crippen LogP contribution in [0.2, 0.25) is 5.02 Å². The molecule has 0 radical (unpaired) electrons. The number of nitrogens with one attached hydrogen (secondary N) is 4. The van der Waals surface area contributed by atoms with Crippen LogP contribution in [0, 0.1) is 11.6 Å². The van der Waals surface area contributed by atoms with Crippen LogP contribution in [0.4, 0.5) is 24.2 Å². The molecule has 3 rings (SSSR count). The first-order valence-corrected chi connectivity index (χ1v) is 14.8. The number of ether oxygens (including phenoxy) is 2. The topological polar surface area (TPSA) is 151 Å². The van der Waals surface area contributed by atoms with Crippen LogP contribution in [0.3, 0.4) is 0 Å². The molecule has 0 aliphatic rings. The van der Waals surface area contributed by atoms with E-state index in [1.54, 1.807) is 32.9 Å². The van der Waals surface area contributed by atoms with Gasteiger partial charge in [-0.05, 0) is 68.5 Å². The minimum atomic E-state index is -0.900. The minimum Gasteiger partial charge on any atom is -0.447 e. The Morgan fingerprint density at radius 3 is 2.46 bits per heavy atom. The average molecular weight is 663 g/mol. The number of anilines is 1. The molecule has 1 atom stereocenters. The average Bonchev–Trinajstić information content (AvgIpc) is 2.97. The van der Waals surface area contributed by atoms with Gasteiger partial charge in [-0.15, -0.1) is 0 Å². The number of carbonyl (C=O) groups is 4. The zero-order valence-corrected chi connectivity index (χ0v) is 26.7. The second-order valence-corrected chi connectivity index (χ2v) is 11.6. The molecule has 0 aliphatic carbocycles. The van der Waals surface area contributed by atoms with Crippen molar-refractivity contribution in [1.29, 1.82) is 0 Å². The normalized spacial score (nSPS) is 11.8. The van der Waals surface area contributed by atoms with Gasteiger partial charge in [0.2, 0.25) is 11.8 Å². The SMILES string of the molecule is CC(=O)N(NCc1cccc(F)c1Cl)[C@@H](CCC(=O)NCCNC(=O)OC(C)(C)C)COC(=O)Nc1cc2cc(F)ccc2cn1. The van der Waals surface area contributed by atoms with Gasteiger partial charge in [-0.2, -0.15) is 0 Å². The molecule has 12 nitrogen and oxygen atoms in total. The molecule has 0 saturated carbocycles. The summed E-state index contributed by atoms with van der Waals surface area (Å²) in [5.41, 5.74) is 2.60. The molecule has 3 aromatic rings. The minimum absolute atomic E-state index is 0.0427. The summed E-state index contributed by atoms with van der Waals surface area (Å²) in [6, 6.07) is 9.03. The number of carbonyl (C=O) groups excluding carboxylic acids is 4. The molecular weight excluding hydrogens is 626 g/mol. The first-order chi connectivity index (χ1) is 21.7. The van der Waals surface area contributed by atoms with Gasteiger partial charge in [0.05, 0.1) is 11.1 Å². The number of pyridine rings is 1. The highest BCUT2D eigenvalue weighted by atomic mass is 35.5. The number of hydrogen-bond acceptors (Lipinski definition) is 8. The molecule has 0 unspecified atom stereocenters. The molecule has 4 N–H and O–H groups in total. The van der Waals surface area contributed by atoms with Gasteiger partial charge in [-0.3, -0.25) is 19.9 Å². The van der Waals surface area contributed by atoms with E-state index in [1.165, 1.54) is 48.5 Å². The number of hydrogen-bond donors (Lipinski definition) is 4. The van der Waals surface area contributed by atoms with Crippen molar-refractivity contribution in [2.45, 2.75) is 58.7 Å². The van der Waals surface area contributed by atoms with Crippen molar-refractivity contribution in [2.75, 3.05) is 25.0 Å². The number of nitrogens with zero attached hydrogens (tertiary/aromatic N) is 2. The summed E-state index contributed by atoms with van der Waals surface area (Å²) >= 11 is 6.06. The van der Waals surface area contributed by atoms with Gasteiger partial charge >= 0.3 is 12.2 Å². The number of aromatic nitrogens is 1. The lowest BCUT2D eigenvalue weighted by Crippen LogP contribution is -2.51. The van der Waals surface area contributed by atoms with Crippen LogP contribution in [0.1, 0.15) is 46.1 Å². The molecule has 0 saturated heterocycles. The molecule has 2 aromatic carbocycles. The Balaban J connectivity index is 1.63. The Labute approximate surface area is 270 Å². The Morgan fingerprint density at radius 2 is 1.74 bits per heavy atom. The number of alkyl carbamates (subject to hydrolysis) is 1.